The molecule has 0 aliphatic heterocycles. The summed E-state index contributed by atoms with van der Waals surface area (Å²) in [5.41, 5.74) is 7.89. The van der Waals surface area contributed by atoms with E-state index in [1.165, 1.54) is 0 Å². The summed E-state index contributed by atoms with van der Waals surface area (Å²) in [6, 6.07) is 5.82. The standard InChI is InChI=1S/C15H21N3O/c1-4-15(3,19)9-18-14-6-5-13(16)12-8-17-10(2)7-11(12)14/h5-8,18-19H,4,9,16H2,1-3H3. The van der Waals surface area contributed by atoms with Crippen LogP contribution in [0, 0.1) is 6.92 Å². The summed E-state index contributed by atoms with van der Waals surface area (Å²) >= 11 is 0. The number of hydrogen-bond donors (Lipinski definition) is 3. The molecule has 0 radical (unpaired) electrons. The SMILES string of the molecule is CCC(C)(O)CNc1ccc(N)c2cnc(C)cc12. The summed E-state index contributed by atoms with van der Waals surface area (Å²) in [6.07, 6.45) is 2.50. The smallest absolute Gasteiger partial charge is 0.0788 e. The number of fused-ring (bicyclic) bond motifs is 1. The fraction of sp³-hybridized carbons (Fsp3) is 0.400. The lowest BCUT2D eigenvalue weighted by molar-refractivity contribution is 0.0698. The summed E-state index contributed by atoms with van der Waals surface area (Å²) < 4.78 is 0. The number of aliphatic hydroxyl groups is 1. The average molecular weight is 259 g/mol. The zero-order chi connectivity index (χ0) is 14.0. The Kier molecular flexibility index (Phi) is 3.62. The predicted octanol–water partition coefficient (Wildman–Crippen LogP) is 2.70. The van der Waals surface area contributed by atoms with E-state index in [4.69, 9.17) is 5.73 Å². The van der Waals surface area contributed by atoms with Crippen LogP contribution in [0.4, 0.5) is 11.4 Å². The highest BCUT2D eigenvalue weighted by atomic mass is 16.3. The molecule has 19 heavy (non-hydrogen) atoms. The van der Waals surface area contributed by atoms with Gasteiger partial charge < -0.3 is 16.2 Å². The molecular formula is C15H21N3O. The molecule has 1 aromatic carbocycles. The minimum atomic E-state index is -0.713. The van der Waals surface area contributed by atoms with Crippen LogP contribution >= 0.6 is 0 Å². The van der Waals surface area contributed by atoms with Crippen LogP contribution in [0.15, 0.2) is 24.4 Å². The van der Waals surface area contributed by atoms with Crippen molar-refractivity contribution in [1.29, 1.82) is 0 Å². The third-order valence-electron chi connectivity index (χ3n) is 3.49. The number of nitrogens with zero attached hydrogens (tertiary/aromatic N) is 1. The number of anilines is 2. The summed E-state index contributed by atoms with van der Waals surface area (Å²) in [4.78, 5) is 4.28. The van der Waals surface area contributed by atoms with Crippen LogP contribution in [0.5, 0.6) is 0 Å². The van der Waals surface area contributed by atoms with Gasteiger partial charge in [0.25, 0.3) is 0 Å². The topological polar surface area (TPSA) is 71.2 Å². The fourth-order valence-electron chi connectivity index (χ4n) is 1.93. The van der Waals surface area contributed by atoms with Gasteiger partial charge >= 0.3 is 0 Å². The van der Waals surface area contributed by atoms with E-state index in [-0.39, 0.29) is 0 Å². The number of aryl methyl sites for hydroxylation is 1. The van der Waals surface area contributed by atoms with Crippen LogP contribution in [0.3, 0.4) is 0 Å². The van der Waals surface area contributed by atoms with Gasteiger partial charge in [-0.15, -0.1) is 0 Å². The minimum absolute atomic E-state index is 0.504. The monoisotopic (exact) mass is 259 g/mol. The number of nitrogens with one attached hydrogen (secondary N) is 1. The molecule has 0 fully saturated rings. The Labute approximate surface area is 113 Å². The lowest BCUT2D eigenvalue weighted by Crippen LogP contribution is -2.32. The molecule has 0 aliphatic rings. The van der Waals surface area contributed by atoms with Crippen molar-refractivity contribution in [3.8, 4) is 0 Å². The Morgan fingerprint density at radius 3 is 2.79 bits per heavy atom. The van der Waals surface area contributed by atoms with Crippen molar-refractivity contribution < 1.29 is 5.11 Å². The van der Waals surface area contributed by atoms with Crippen LogP contribution in [-0.2, 0) is 0 Å². The number of benzene rings is 1. The summed E-state index contributed by atoms with van der Waals surface area (Å²) in [6.45, 7) is 6.25. The molecule has 1 unspecified atom stereocenters. The molecule has 4 heteroatoms. The quantitative estimate of drug-likeness (QED) is 0.738. The molecule has 0 saturated carbocycles. The number of pyridine rings is 1. The first-order valence-electron chi connectivity index (χ1n) is 6.54. The molecule has 0 spiro atoms. The number of aromatic nitrogens is 1. The third-order valence-corrected chi connectivity index (χ3v) is 3.49. The normalized spacial score (nSPS) is 14.3. The van der Waals surface area contributed by atoms with Gasteiger partial charge in [0.2, 0.25) is 0 Å². The minimum Gasteiger partial charge on any atom is -0.398 e. The maximum Gasteiger partial charge on any atom is 0.0788 e. The molecule has 1 atom stereocenters. The molecule has 0 saturated heterocycles. The Morgan fingerprint density at radius 2 is 2.11 bits per heavy atom. The van der Waals surface area contributed by atoms with Crippen molar-refractivity contribution in [3.63, 3.8) is 0 Å². The highest BCUT2D eigenvalue weighted by molar-refractivity contribution is 6.00. The van der Waals surface area contributed by atoms with Gasteiger partial charge in [-0.3, -0.25) is 4.98 Å². The molecule has 4 N–H and O–H groups in total. The van der Waals surface area contributed by atoms with E-state index in [9.17, 15) is 5.11 Å². The van der Waals surface area contributed by atoms with Crippen LogP contribution in [0.25, 0.3) is 10.8 Å². The molecule has 0 bridgehead atoms. The van der Waals surface area contributed by atoms with Gasteiger partial charge in [0.15, 0.2) is 0 Å². The van der Waals surface area contributed by atoms with Gasteiger partial charge in [-0.25, -0.2) is 0 Å². The van der Waals surface area contributed by atoms with Gasteiger partial charge in [-0.1, -0.05) is 6.92 Å². The van der Waals surface area contributed by atoms with Crippen LogP contribution in [0.2, 0.25) is 0 Å². The highest BCUT2D eigenvalue weighted by Gasteiger charge is 2.17. The van der Waals surface area contributed by atoms with E-state index in [0.717, 1.165) is 27.8 Å². The molecule has 4 nitrogen and oxygen atoms in total. The van der Waals surface area contributed by atoms with Gasteiger partial charge in [-0.05, 0) is 38.5 Å². The van der Waals surface area contributed by atoms with Gasteiger partial charge in [-0.2, -0.15) is 0 Å². The zero-order valence-corrected chi connectivity index (χ0v) is 11.7. The van der Waals surface area contributed by atoms with Crippen molar-refractivity contribution in [2.24, 2.45) is 0 Å². The third kappa shape index (κ3) is 2.96. The average Bonchev–Trinajstić information content (AvgIpc) is 2.38. The highest BCUT2D eigenvalue weighted by Crippen LogP contribution is 2.28. The first-order chi connectivity index (χ1) is 8.93. The lowest BCUT2D eigenvalue weighted by Gasteiger charge is -2.23. The van der Waals surface area contributed by atoms with Gasteiger partial charge in [0.1, 0.15) is 0 Å². The van der Waals surface area contributed by atoms with Crippen molar-refractivity contribution >= 4 is 22.1 Å². The van der Waals surface area contributed by atoms with E-state index in [1.807, 2.05) is 39.0 Å². The van der Waals surface area contributed by atoms with E-state index in [2.05, 4.69) is 10.3 Å². The molecular weight excluding hydrogens is 238 g/mol. The van der Waals surface area contributed by atoms with Crippen molar-refractivity contribution in [2.75, 3.05) is 17.6 Å². The maximum atomic E-state index is 10.1. The number of rotatable bonds is 4. The molecule has 0 aliphatic carbocycles. The Balaban J connectivity index is 2.38. The first kappa shape index (κ1) is 13.6. The first-order valence-corrected chi connectivity index (χ1v) is 6.54. The maximum absolute atomic E-state index is 10.1. The van der Waals surface area contributed by atoms with E-state index < -0.39 is 5.60 Å². The van der Waals surface area contributed by atoms with Crippen LogP contribution in [-0.4, -0.2) is 22.2 Å². The fourth-order valence-corrected chi connectivity index (χ4v) is 1.93. The number of nitrogens with two attached hydrogens (primary N) is 1. The van der Waals surface area contributed by atoms with E-state index in [1.54, 1.807) is 6.20 Å². The Morgan fingerprint density at radius 1 is 1.37 bits per heavy atom. The van der Waals surface area contributed by atoms with Crippen molar-refractivity contribution in [1.82, 2.24) is 4.98 Å². The second kappa shape index (κ2) is 5.05. The van der Waals surface area contributed by atoms with Crippen molar-refractivity contribution in [2.45, 2.75) is 32.8 Å². The van der Waals surface area contributed by atoms with Gasteiger partial charge in [0.05, 0.1) is 5.60 Å². The summed E-state index contributed by atoms with van der Waals surface area (Å²) in [5, 5.41) is 15.3. The second-order valence-corrected chi connectivity index (χ2v) is 5.28. The van der Waals surface area contributed by atoms with Gasteiger partial charge in [0, 0.05) is 40.6 Å². The molecule has 1 heterocycles. The lowest BCUT2D eigenvalue weighted by atomic mass is 10.0. The predicted molar refractivity (Wildman–Crippen MR) is 80.3 cm³/mol. The molecule has 0 amide bonds. The van der Waals surface area contributed by atoms with Crippen LogP contribution < -0.4 is 11.1 Å². The van der Waals surface area contributed by atoms with Crippen LogP contribution in [0.1, 0.15) is 26.0 Å². The van der Waals surface area contributed by atoms with E-state index in [0.29, 0.717) is 13.0 Å². The Hall–Kier alpha value is -1.81. The second-order valence-electron chi connectivity index (χ2n) is 5.28. The zero-order valence-electron chi connectivity index (χ0n) is 11.7. The summed E-state index contributed by atoms with van der Waals surface area (Å²) in [5.74, 6) is 0. The number of hydrogen-bond acceptors (Lipinski definition) is 4. The molecule has 1 aromatic heterocycles. The number of nitrogen functional groups attached to an aromatic ring is 1. The Bertz CT molecular complexity index is 593. The van der Waals surface area contributed by atoms with Crippen molar-refractivity contribution in [3.05, 3.63) is 30.1 Å². The molecule has 2 aromatic rings. The molecule has 2 rings (SSSR count). The summed E-state index contributed by atoms with van der Waals surface area (Å²) in [7, 11) is 0. The van der Waals surface area contributed by atoms with E-state index >= 15 is 0 Å². The largest absolute Gasteiger partial charge is 0.398 e. The molecule has 102 valence electrons.